The lowest BCUT2D eigenvalue weighted by atomic mass is 9.76. The van der Waals surface area contributed by atoms with Gasteiger partial charge in [0.1, 0.15) is 12.0 Å². The molecule has 0 aromatic heterocycles. The summed E-state index contributed by atoms with van der Waals surface area (Å²) < 4.78 is 56.7. The van der Waals surface area contributed by atoms with E-state index >= 15 is 0 Å². The van der Waals surface area contributed by atoms with Crippen LogP contribution in [0.1, 0.15) is 64.2 Å². The van der Waals surface area contributed by atoms with Crippen LogP contribution in [0.3, 0.4) is 0 Å². The van der Waals surface area contributed by atoms with E-state index in [0.29, 0.717) is 37.1 Å². The van der Waals surface area contributed by atoms with Crippen molar-refractivity contribution in [3.05, 3.63) is 45.4 Å². The maximum Gasteiger partial charge on any atom is 0.523 e. The number of halogens is 5. The molecule has 0 radical (unpaired) electrons. The molecule has 5 aliphatic rings. The third kappa shape index (κ3) is 6.35. The second-order valence-corrected chi connectivity index (χ2v) is 11.0. The van der Waals surface area contributed by atoms with Gasteiger partial charge in [0, 0.05) is 31.1 Å². The summed E-state index contributed by atoms with van der Waals surface area (Å²) in [6, 6.07) is 0.0549. The maximum absolute atomic E-state index is 13.9. The SMILES string of the molecule is FC1=C(Cl)C[C@@H](N[C@H]2N[C@@H](C3=CCCNC3)NC3=C2C[C@H](C2=C[C@H](OC(F)(F)F)CCC2)CC3)CC1. The third-order valence-corrected chi connectivity index (χ3v) is 8.38. The van der Waals surface area contributed by atoms with Crippen LogP contribution in [0.15, 0.2) is 45.4 Å². The van der Waals surface area contributed by atoms with Crippen molar-refractivity contribution in [2.75, 3.05) is 13.1 Å². The van der Waals surface area contributed by atoms with E-state index in [-0.39, 0.29) is 30.1 Å². The largest absolute Gasteiger partial charge is 0.523 e. The van der Waals surface area contributed by atoms with Gasteiger partial charge in [0.05, 0.1) is 17.3 Å². The van der Waals surface area contributed by atoms with Crippen molar-refractivity contribution in [3.8, 4) is 0 Å². The highest BCUT2D eigenvalue weighted by atomic mass is 35.5. The Balaban J connectivity index is 1.35. The van der Waals surface area contributed by atoms with Crippen molar-refractivity contribution in [2.24, 2.45) is 5.92 Å². The van der Waals surface area contributed by atoms with E-state index < -0.39 is 12.5 Å². The summed E-state index contributed by atoms with van der Waals surface area (Å²) in [6.45, 7) is 1.79. The normalized spacial score (nSPS) is 34.1. The predicted molar refractivity (Wildman–Crippen MR) is 131 cm³/mol. The summed E-state index contributed by atoms with van der Waals surface area (Å²) in [6.07, 6.45) is 5.24. The van der Waals surface area contributed by atoms with Crippen LogP contribution in [-0.2, 0) is 4.74 Å². The zero-order chi connectivity index (χ0) is 25.3. The first-order chi connectivity index (χ1) is 17.2. The van der Waals surface area contributed by atoms with Gasteiger partial charge < -0.3 is 10.6 Å². The molecule has 0 aromatic carbocycles. The van der Waals surface area contributed by atoms with Gasteiger partial charge in [-0.2, -0.15) is 0 Å². The van der Waals surface area contributed by atoms with E-state index in [9.17, 15) is 17.6 Å². The van der Waals surface area contributed by atoms with Crippen molar-refractivity contribution < 1.29 is 22.3 Å². The summed E-state index contributed by atoms with van der Waals surface area (Å²) in [5, 5.41) is 14.9. The Morgan fingerprint density at radius 1 is 1.06 bits per heavy atom. The van der Waals surface area contributed by atoms with Crippen molar-refractivity contribution in [3.63, 3.8) is 0 Å². The molecular formula is C26H35ClF4N4O. The summed E-state index contributed by atoms with van der Waals surface area (Å²) >= 11 is 6.15. The maximum atomic E-state index is 13.9. The number of hydrogen-bond donors (Lipinski definition) is 4. The molecule has 2 heterocycles. The van der Waals surface area contributed by atoms with Gasteiger partial charge in [-0.05, 0) is 75.0 Å². The zero-order valence-corrected chi connectivity index (χ0v) is 21.1. The molecule has 10 heteroatoms. The highest BCUT2D eigenvalue weighted by Crippen LogP contribution is 2.40. The van der Waals surface area contributed by atoms with Gasteiger partial charge in [-0.1, -0.05) is 29.3 Å². The number of ether oxygens (including phenoxy) is 1. The molecule has 0 saturated heterocycles. The van der Waals surface area contributed by atoms with Gasteiger partial charge in [0.15, 0.2) is 0 Å². The van der Waals surface area contributed by atoms with Gasteiger partial charge in [-0.15, -0.1) is 13.2 Å². The van der Waals surface area contributed by atoms with Crippen LogP contribution in [0.2, 0.25) is 0 Å². The molecule has 36 heavy (non-hydrogen) atoms. The van der Waals surface area contributed by atoms with Crippen molar-refractivity contribution in [1.29, 1.82) is 0 Å². The monoisotopic (exact) mass is 530 g/mol. The fourth-order valence-corrected chi connectivity index (χ4v) is 6.50. The molecule has 4 N–H and O–H groups in total. The van der Waals surface area contributed by atoms with Gasteiger partial charge in [0.2, 0.25) is 0 Å². The molecule has 0 unspecified atom stereocenters. The second-order valence-electron chi connectivity index (χ2n) is 10.5. The Labute approximate surface area is 214 Å². The summed E-state index contributed by atoms with van der Waals surface area (Å²) in [4.78, 5) is 0. The van der Waals surface area contributed by atoms with Gasteiger partial charge >= 0.3 is 6.36 Å². The molecule has 0 spiro atoms. The van der Waals surface area contributed by atoms with Gasteiger partial charge in [0.25, 0.3) is 0 Å². The van der Waals surface area contributed by atoms with Crippen LogP contribution in [0.25, 0.3) is 0 Å². The Morgan fingerprint density at radius 2 is 1.92 bits per heavy atom. The first-order valence-electron chi connectivity index (χ1n) is 13.1. The molecule has 0 aromatic rings. The van der Waals surface area contributed by atoms with E-state index in [0.717, 1.165) is 50.8 Å². The Bertz CT molecular complexity index is 960. The minimum Gasteiger partial charge on any atom is -0.370 e. The predicted octanol–water partition coefficient (Wildman–Crippen LogP) is 5.38. The number of alkyl halides is 3. The zero-order valence-electron chi connectivity index (χ0n) is 20.3. The number of rotatable bonds is 5. The average molecular weight is 531 g/mol. The fourth-order valence-electron chi connectivity index (χ4n) is 6.22. The van der Waals surface area contributed by atoms with E-state index in [1.807, 2.05) is 0 Å². The summed E-state index contributed by atoms with van der Waals surface area (Å²) in [5.41, 5.74) is 4.78. The molecule has 5 atom stereocenters. The van der Waals surface area contributed by atoms with Crippen LogP contribution in [0.5, 0.6) is 0 Å². The minimum absolute atomic E-state index is 0.00426. The molecule has 200 valence electrons. The van der Waals surface area contributed by atoms with E-state index in [1.54, 1.807) is 6.08 Å². The van der Waals surface area contributed by atoms with Crippen LogP contribution in [-0.4, -0.2) is 43.9 Å². The van der Waals surface area contributed by atoms with E-state index in [2.05, 4.69) is 32.1 Å². The number of hydrogen-bond acceptors (Lipinski definition) is 5. The summed E-state index contributed by atoms with van der Waals surface area (Å²) in [5.74, 6) is -0.0301. The first-order valence-corrected chi connectivity index (χ1v) is 13.5. The molecule has 5 rings (SSSR count). The third-order valence-electron chi connectivity index (χ3n) is 8.02. The van der Waals surface area contributed by atoms with Gasteiger partial charge in [-0.3, -0.25) is 15.4 Å². The molecule has 5 nitrogen and oxygen atoms in total. The second kappa shape index (κ2) is 11.2. The molecule has 2 aliphatic heterocycles. The van der Waals surface area contributed by atoms with Crippen molar-refractivity contribution in [1.82, 2.24) is 21.3 Å². The molecule has 0 fully saturated rings. The van der Waals surface area contributed by atoms with E-state index in [4.69, 9.17) is 11.6 Å². The molecule has 0 bridgehead atoms. The molecule has 3 aliphatic carbocycles. The molecule has 0 saturated carbocycles. The highest BCUT2D eigenvalue weighted by molar-refractivity contribution is 6.29. The lowest BCUT2D eigenvalue weighted by Gasteiger charge is -2.44. The Morgan fingerprint density at radius 3 is 2.67 bits per heavy atom. The van der Waals surface area contributed by atoms with Crippen LogP contribution < -0.4 is 21.3 Å². The van der Waals surface area contributed by atoms with Crippen LogP contribution >= 0.6 is 11.6 Å². The summed E-state index contributed by atoms with van der Waals surface area (Å²) in [7, 11) is 0. The topological polar surface area (TPSA) is 57.3 Å². The fraction of sp³-hybridized carbons (Fsp3) is 0.692. The smallest absolute Gasteiger partial charge is 0.370 e. The number of allylic oxidation sites excluding steroid dienone is 3. The van der Waals surface area contributed by atoms with Crippen LogP contribution in [0, 0.1) is 5.92 Å². The molecule has 0 amide bonds. The van der Waals surface area contributed by atoms with Gasteiger partial charge in [-0.25, -0.2) is 4.39 Å². The van der Waals surface area contributed by atoms with Crippen molar-refractivity contribution in [2.45, 2.75) is 95.0 Å². The highest BCUT2D eigenvalue weighted by Gasteiger charge is 2.38. The number of nitrogens with one attached hydrogen (secondary N) is 4. The lowest BCUT2D eigenvalue weighted by Crippen LogP contribution is -2.62. The van der Waals surface area contributed by atoms with Crippen molar-refractivity contribution >= 4 is 11.6 Å². The van der Waals surface area contributed by atoms with E-state index in [1.165, 1.54) is 16.8 Å². The standard InChI is InChI=1S/C26H35ClF4N4O/c27-21-13-18(7-8-22(21)28)33-25-20-12-16(15-3-1-5-19(11-15)36-26(29,30)31)6-9-23(20)34-24(35-25)17-4-2-10-32-14-17/h4,11,16,18-19,24-25,32-35H,1-3,5-10,12-14H2/t16-,18+,19-,24+,25+/m1/s1. The van der Waals surface area contributed by atoms with Crippen LogP contribution in [0.4, 0.5) is 17.6 Å². The Kier molecular flexibility index (Phi) is 8.12. The molecular weight excluding hydrogens is 496 g/mol. The average Bonchev–Trinajstić information content (AvgIpc) is 2.85. The first kappa shape index (κ1) is 26.2. The quantitative estimate of drug-likeness (QED) is 0.284. The minimum atomic E-state index is -4.62. The lowest BCUT2D eigenvalue weighted by molar-refractivity contribution is -0.337. The Hall–Kier alpha value is -1.39.